The predicted octanol–water partition coefficient (Wildman–Crippen LogP) is 3.69. The maximum Gasteiger partial charge on any atom is 0.224 e. The summed E-state index contributed by atoms with van der Waals surface area (Å²) in [6.45, 7) is 6.25. The van der Waals surface area contributed by atoms with Crippen molar-refractivity contribution >= 4 is 33.3 Å². The molecule has 1 aliphatic carbocycles. The molecule has 0 bridgehead atoms. The molecule has 28 heavy (non-hydrogen) atoms. The fourth-order valence-electron chi connectivity index (χ4n) is 3.95. The lowest BCUT2D eigenvalue weighted by atomic mass is 10.1. The molecule has 0 saturated heterocycles. The van der Waals surface area contributed by atoms with Gasteiger partial charge in [0.05, 0.1) is 21.7 Å². The van der Waals surface area contributed by atoms with Crippen molar-refractivity contribution in [2.45, 2.75) is 46.1 Å². The van der Waals surface area contributed by atoms with Gasteiger partial charge in [-0.3, -0.25) is 4.98 Å². The number of fused-ring (bicyclic) bond motifs is 1. The molecule has 1 fully saturated rings. The lowest BCUT2D eigenvalue weighted by Crippen LogP contribution is -2.19. The molecule has 1 aliphatic rings. The first-order valence-electron chi connectivity index (χ1n) is 9.67. The number of thiazole rings is 1. The van der Waals surface area contributed by atoms with Crippen LogP contribution in [0.25, 0.3) is 20.8 Å². The van der Waals surface area contributed by atoms with Crippen molar-refractivity contribution in [2.75, 3.05) is 24.3 Å². The van der Waals surface area contributed by atoms with Crippen LogP contribution in [0, 0.1) is 26.7 Å². The second-order valence-electron chi connectivity index (χ2n) is 7.52. The van der Waals surface area contributed by atoms with Crippen LogP contribution >= 0.6 is 11.3 Å². The third-order valence-electron chi connectivity index (χ3n) is 5.35. The van der Waals surface area contributed by atoms with Gasteiger partial charge in [-0.25, -0.2) is 9.97 Å². The van der Waals surface area contributed by atoms with Crippen molar-refractivity contribution in [1.82, 2.24) is 19.9 Å². The molecular formula is C20H26N6OS. The Kier molecular flexibility index (Phi) is 5.16. The zero-order valence-electron chi connectivity index (χ0n) is 16.7. The number of pyridine rings is 1. The van der Waals surface area contributed by atoms with E-state index in [0.29, 0.717) is 17.9 Å². The summed E-state index contributed by atoms with van der Waals surface area (Å²) >= 11 is 1.65. The van der Waals surface area contributed by atoms with E-state index in [2.05, 4.69) is 26.7 Å². The van der Waals surface area contributed by atoms with E-state index in [9.17, 15) is 5.11 Å². The number of aliphatic hydroxyl groups is 1. The summed E-state index contributed by atoms with van der Waals surface area (Å²) in [7, 11) is 1.82. The second kappa shape index (κ2) is 7.60. The highest BCUT2D eigenvalue weighted by atomic mass is 32.1. The Morgan fingerprint density at radius 3 is 2.64 bits per heavy atom. The lowest BCUT2D eigenvalue weighted by molar-refractivity contribution is 0.229. The number of anilines is 2. The largest absolute Gasteiger partial charge is 0.396 e. The average Bonchev–Trinajstić information content (AvgIpc) is 3.28. The second-order valence-corrected chi connectivity index (χ2v) is 8.55. The first-order chi connectivity index (χ1) is 13.5. The first-order valence-corrected chi connectivity index (χ1v) is 10.5. The Bertz CT molecular complexity index is 1020. The molecule has 0 spiro atoms. The van der Waals surface area contributed by atoms with Gasteiger partial charge in [0.1, 0.15) is 16.3 Å². The predicted molar refractivity (Wildman–Crippen MR) is 114 cm³/mol. The fourth-order valence-corrected chi connectivity index (χ4v) is 5.16. The minimum absolute atomic E-state index is 0.249. The Morgan fingerprint density at radius 2 is 1.93 bits per heavy atom. The number of hydrogen-bond acceptors (Lipinski definition) is 8. The lowest BCUT2D eigenvalue weighted by Gasteiger charge is -2.18. The Morgan fingerprint density at radius 1 is 1.11 bits per heavy atom. The molecule has 0 amide bonds. The van der Waals surface area contributed by atoms with Gasteiger partial charge in [0.2, 0.25) is 5.95 Å². The minimum Gasteiger partial charge on any atom is -0.396 e. The minimum atomic E-state index is 0.249. The average molecular weight is 399 g/mol. The Labute approximate surface area is 168 Å². The molecule has 1 saturated carbocycles. The van der Waals surface area contributed by atoms with Crippen LogP contribution in [-0.4, -0.2) is 44.7 Å². The molecule has 7 nitrogen and oxygen atoms in total. The van der Waals surface area contributed by atoms with Crippen molar-refractivity contribution in [3.63, 3.8) is 0 Å². The maximum absolute atomic E-state index is 9.46. The van der Waals surface area contributed by atoms with Crippen LogP contribution in [0.4, 0.5) is 11.8 Å². The van der Waals surface area contributed by atoms with Crippen LogP contribution in [0.2, 0.25) is 0 Å². The van der Waals surface area contributed by atoms with E-state index in [4.69, 9.17) is 9.97 Å². The third-order valence-corrected chi connectivity index (χ3v) is 6.37. The molecule has 148 valence electrons. The van der Waals surface area contributed by atoms with Gasteiger partial charge in [-0.2, -0.15) is 4.98 Å². The maximum atomic E-state index is 9.46. The summed E-state index contributed by atoms with van der Waals surface area (Å²) in [6.07, 6.45) is 3.03. The number of nitrogens with one attached hydrogen (secondary N) is 2. The highest BCUT2D eigenvalue weighted by Crippen LogP contribution is 2.38. The smallest absolute Gasteiger partial charge is 0.224 e. The highest BCUT2D eigenvalue weighted by Gasteiger charge is 2.26. The van der Waals surface area contributed by atoms with E-state index < -0.39 is 0 Å². The molecule has 0 radical (unpaired) electrons. The van der Waals surface area contributed by atoms with Gasteiger partial charge in [-0.05, 0) is 52.0 Å². The van der Waals surface area contributed by atoms with Crippen LogP contribution in [-0.2, 0) is 0 Å². The van der Waals surface area contributed by atoms with Gasteiger partial charge >= 0.3 is 0 Å². The van der Waals surface area contributed by atoms with E-state index in [1.807, 2.05) is 27.8 Å². The molecular weight excluding hydrogens is 372 g/mol. The summed E-state index contributed by atoms with van der Waals surface area (Å²) < 4.78 is 1.13. The van der Waals surface area contributed by atoms with Crippen molar-refractivity contribution in [1.29, 1.82) is 0 Å². The molecule has 3 N–H and O–H groups in total. The summed E-state index contributed by atoms with van der Waals surface area (Å²) in [5, 5.41) is 17.0. The monoisotopic (exact) mass is 398 g/mol. The first kappa shape index (κ1) is 19.0. The Balaban J connectivity index is 1.78. The topological polar surface area (TPSA) is 95.9 Å². The summed E-state index contributed by atoms with van der Waals surface area (Å²) in [6, 6.07) is 2.38. The van der Waals surface area contributed by atoms with E-state index in [1.165, 1.54) is 0 Å². The van der Waals surface area contributed by atoms with Gasteiger partial charge in [0, 0.05) is 25.4 Å². The van der Waals surface area contributed by atoms with Crippen LogP contribution in [0.3, 0.4) is 0 Å². The van der Waals surface area contributed by atoms with Crippen LogP contribution in [0.15, 0.2) is 6.07 Å². The standard InChI is InChI=1S/C20H26N6OS/c1-10-7-15-17(12(3)22-10)25-19(28-15)16-11(2)23-20(21-4)26-18(16)24-14-6-5-13(8-14)9-27/h7,13-14,27H,5-6,8-9H2,1-4H3,(H2,21,23,24,26). The van der Waals surface area contributed by atoms with Gasteiger partial charge in [-0.1, -0.05) is 0 Å². The van der Waals surface area contributed by atoms with Gasteiger partial charge < -0.3 is 15.7 Å². The molecule has 4 rings (SSSR count). The van der Waals surface area contributed by atoms with Crippen LogP contribution < -0.4 is 10.6 Å². The summed E-state index contributed by atoms with van der Waals surface area (Å²) in [5.41, 5.74) is 4.72. The summed E-state index contributed by atoms with van der Waals surface area (Å²) in [4.78, 5) is 18.7. The van der Waals surface area contributed by atoms with E-state index >= 15 is 0 Å². The molecule has 2 atom stereocenters. The quantitative estimate of drug-likeness (QED) is 0.603. The van der Waals surface area contributed by atoms with E-state index in [1.54, 1.807) is 11.3 Å². The summed E-state index contributed by atoms with van der Waals surface area (Å²) in [5.74, 6) is 1.77. The van der Waals surface area contributed by atoms with Crippen molar-refractivity contribution in [2.24, 2.45) is 5.92 Å². The molecule has 0 aliphatic heterocycles. The normalized spacial score (nSPS) is 19.3. The van der Waals surface area contributed by atoms with E-state index in [0.717, 1.165) is 62.9 Å². The van der Waals surface area contributed by atoms with Crippen molar-refractivity contribution in [3.05, 3.63) is 23.1 Å². The number of hydrogen-bond donors (Lipinski definition) is 3. The zero-order chi connectivity index (χ0) is 19.8. The van der Waals surface area contributed by atoms with Crippen LogP contribution in [0.1, 0.15) is 36.3 Å². The molecule has 3 aromatic rings. The molecule has 3 heterocycles. The number of aromatic nitrogens is 4. The van der Waals surface area contributed by atoms with E-state index in [-0.39, 0.29) is 6.61 Å². The zero-order valence-corrected chi connectivity index (χ0v) is 17.5. The number of nitrogens with zero attached hydrogens (tertiary/aromatic N) is 4. The van der Waals surface area contributed by atoms with Crippen LogP contribution in [0.5, 0.6) is 0 Å². The molecule has 3 aromatic heterocycles. The Hall–Kier alpha value is -2.32. The van der Waals surface area contributed by atoms with Gasteiger partial charge in [0.15, 0.2) is 0 Å². The van der Waals surface area contributed by atoms with Gasteiger partial charge in [0.25, 0.3) is 0 Å². The molecule has 8 heteroatoms. The number of aliphatic hydroxyl groups excluding tert-OH is 1. The third kappa shape index (κ3) is 3.54. The van der Waals surface area contributed by atoms with Crippen molar-refractivity contribution in [3.8, 4) is 10.6 Å². The van der Waals surface area contributed by atoms with Gasteiger partial charge in [-0.15, -0.1) is 11.3 Å². The number of aryl methyl sites for hydroxylation is 3. The van der Waals surface area contributed by atoms with Crippen molar-refractivity contribution < 1.29 is 5.11 Å². The molecule has 0 aromatic carbocycles. The molecule has 2 unspecified atom stereocenters. The highest BCUT2D eigenvalue weighted by molar-refractivity contribution is 7.21. The fraction of sp³-hybridized carbons (Fsp3) is 0.500. The SMILES string of the molecule is CNc1nc(C)c(-c2nc3c(C)nc(C)cc3s2)c(NC2CCC(CO)C2)n1. The number of rotatable bonds is 5.